The Morgan fingerprint density at radius 2 is 2.41 bits per heavy atom. The van der Waals surface area contributed by atoms with Crippen molar-refractivity contribution >= 4 is 0 Å². The van der Waals surface area contributed by atoms with Crippen molar-refractivity contribution in [2.24, 2.45) is 0 Å². The van der Waals surface area contributed by atoms with Gasteiger partial charge in [0, 0.05) is 31.5 Å². The summed E-state index contributed by atoms with van der Waals surface area (Å²) in [5.41, 5.74) is 1.65. The Labute approximate surface area is 103 Å². The van der Waals surface area contributed by atoms with E-state index in [1.807, 2.05) is 19.2 Å². The molecule has 0 radical (unpaired) electrons. The zero-order chi connectivity index (χ0) is 12.3. The van der Waals surface area contributed by atoms with Gasteiger partial charge in [0.1, 0.15) is 0 Å². The summed E-state index contributed by atoms with van der Waals surface area (Å²) in [6.45, 7) is 2.49. The lowest BCUT2D eigenvalue weighted by molar-refractivity contribution is -0.00530. The summed E-state index contributed by atoms with van der Waals surface area (Å²) >= 11 is 0. The first-order chi connectivity index (χ1) is 8.15. The molecule has 0 aromatic carbocycles. The summed E-state index contributed by atoms with van der Waals surface area (Å²) < 4.78 is 5.08. The van der Waals surface area contributed by atoms with E-state index in [9.17, 15) is 5.11 Å². The molecule has 1 aromatic rings. The number of nitrogens with zero attached hydrogens (tertiary/aromatic N) is 1. The quantitative estimate of drug-likeness (QED) is 0.870. The zero-order valence-electron chi connectivity index (χ0n) is 10.6. The number of fused-ring (bicyclic) bond motifs is 1. The fourth-order valence-electron chi connectivity index (χ4n) is 2.70. The summed E-state index contributed by atoms with van der Waals surface area (Å²) in [6.07, 6.45) is 5.71. The van der Waals surface area contributed by atoms with Gasteiger partial charge in [-0.1, -0.05) is 6.07 Å². The topological polar surface area (TPSA) is 42.4 Å². The Morgan fingerprint density at radius 1 is 1.59 bits per heavy atom. The van der Waals surface area contributed by atoms with E-state index < -0.39 is 5.60 Å². The molecule has 1 aromatic heterocycles. The van der Waals surface area contributed by atoms with Gasteiger partial charge in [0.2, 0.25) is 0 Å². The number of aliphatic hydroxyl groups is 1. The highest BCUT2D eigenvalue weighted by Crippen LogP contribution is 2.39. The van der Waals surface area contributed by atoms with Crippen molar-refractivity contribution in [3.63, 3.8) is 0 Å². The minimum absolute atomic E-state index is 0.141. The van der Waals surface area contributed by atoms with Crippen molar-refractivity contribution in [2.75, 3.05) is 13.7 Å². The van der Waals surface area contributed by atoms with Crippen LogP contribution in [0.2, 0.25) is 0 Å². The van der Waals surface area contributed by atoms with E-state index in [-0.39, 0.29) is 5.92 Å². The van der Waals surface area contributed by atoms with Crippen LogP contribution in [0.3, 0.4) is 0 Å². The smallest absolute Gasteiger partial charge is 0.0725 e. The molecular formula is C14H21NO2. The van der Waals surface area contributed by atoms with Gasteiger partial charge in [-0.05, 0) is 44.2 Å². The van der Waals surface area contributed by atoms with Crippen LogP contribution in [0.4, 0.5) is 0 Å². The molecule has 2 unspecified atom stereocenters. The maximum atomic E-state index is 10.6. The lowest BCUT2D eigenvalue weighted by atomic mass is 9.75. The van der Waals surface area contributed by atoms with E-state index in [1.54, 1.807) is 7.11 Å². The summed E-state index contributed by atoms with van der Waals surface area (Å²) in [4.78, 5) is 4.47. The lowest BCUT2D eigenvalue weighted by Crippen LogP contribution is -2.36. The maximum absolute atomic E-state index is 10.6. The number of pyridine rings is 1. The first-order valence-electron chi connectivity index (χ1n) is 6.30. The molecule has 3 nitrogen and oxygen atoms in total. The van der Waals surface area contributed by atoms with Crippen LogP contribution >= 0.6 is 0 Å². The van der Waals surface area contributed by atoms with Crippen molar-refractivity contribution in [1.82, 2.24) is 4.98 Å². The Kier molecular flexibility index (Phi) is 3.79. The van der Waals surface area contributed by atoms with E-state index in [0.29, 0.717) is 13.0 Å². The highest BCUT2D eigenvalue weighted by atomic mass is 16.5. The Hall–Kier alpha value is -0.930. The first kappa shape index (κ1) is 12.5. The summed E-state index contributed by atoms with van der Waals surface area (Å²) in [5.74, 6) is 0.141. The molecular weight excluding hydrogens is 214 g/mol. The second-order valence-corrected chi connectivity index (χ2v) is 5.09. The fourth-order valence-corrected chi connectivity index (χ4v) is 2.70. The van der Waals surface area contributed by atoms with Crippen LogP contribution in [-0.2, 0) is 11.2 Å². The lowest BCUT2D eigenvalue weighted by Gasteiger charge is -2.36. The third kappa shape index (κ3) is 2.67. The van der Waals surface area contributed by atoms with Crippen molar-refractivity contribution in [3.8, 4) is 0 Å². The molecule has 2 atom stereocenters. The Bertz CT molecular complexity index is 376. The molecule has 0 saturated carbocycles. The molecule has 94 valence electrons. The van der Waals surface area contributed by atoms with Crippen LogP contribution < -0.4 is 0 Å². The number of aromatic nitrogens is 1. The van der Waals surface area contributed by atoms with Crippen molar-refractivity contribution in [3.05, 3.63) is 29.6 Å². The largest absolute Gasteiger partial charge is 0.389 e. The van der Waals surface area contributed by atoms with E-state index in [1.165, 1.54) is 5.56 Å². The predicted octanol–water partition coefficient (Wildman–Crippen LogP) is 2.29. The normalized spacial score (nSPS) is 22.9. The van der Waals surface area contributed by atoms with Crippen LogP contribution in [-0.4, -0.2) is 29.4 Å². The highest BCUT2D eigenvalue weighted by molar-refractivity contribution is 5.28. The number of hydrogen-bond acceptors (Lipinski definition) is 3. The Morgan fingerprint density at radius 3 is 3.18 bits per heavy atom. The van der Waals surface area contributed by atoms with Crippen LogP contribution in [0.5, 0.6) is 0 Å². The predicted molar refractivity (Wildman–Crippen MR) is 67.0 cm³/mol. The van der Waals surface area contributed by atoms with Crippen LogP contribution in [0.15, 0.2) is 18.3 Å². The SMILES string of the molecule is COCCC(C)(O)C1CCCc2cccnc21. The minimum atomic E-state index is -0.723. The van der Waals surface area contributed by atoms with Gasteiger partial charge in [-0.2, -0.15) is 0 Å². The molecule has 0 amide bonds. The molecule has 0 aliphatic heterocycles. The average molecular weight is 235 g/mol. The van der Waals surface area contributed by atoms with Gasteiger partial charge >= 0.3 is 0 Å². The van der Waals surface area contributed by atoms with Gasteiger partial charge in [0.25, 0.3) is 0 Å². The molecule has 17 heavy (non-hydrogen) atoms. The Balaban J connectivity index is 2.22. The van der Waals surface area contributed by atoms with Crippen LogP contribution in [0.25, 0.3) is 0 Å². The van der Waals surface area contributed by atoms with Gasteiger partial charge in [-0.15, -0.1) is 0 Å². The van der Waals surface area contributed by atoms with E-state index in [4.69, 9.17) is 4.74 Å². The van der Waals surface area contributed by atoms with Crippen LogP contribution in [0.1, 0.15) is 43.4 Å². The minimum Gasteiger partial charge on any atom is -0.389 e. The first-order valence-corrected chi connectivity index (χ1v) is 6.30. The molecule has 0 spiro atoms. The summed E-state index contributed by atoms with van der Waals surface area (Å²) in [6, 6.07) is 4.10. The third-order valence-corrected chi connectivity index (χ3v) is 3.76. The second-order valence-electron chi connectivity index (χ2n) is 5.09. The monoisotopic (exact) mass is 235 g/mol. The van der Waals surface area contributed by atoms with Gasteiger partial charge in [-0.3, -0.25) is 4.98 Å². The second kappa shape index (κ2) is 5.15. The maximum Gasteiger partial charge on any atom is 0.0725 e. The van der Waals surface area contributed by atoms with E-state index >= 15 is 0 Å². The number of aryl methyl sites for hydroxylation is 1. The van der Waals surface area contributed by atoms with Gasteiger partial charge < -0.3 is 9.84 Å². The molecule has 2 rings (SSSR count). The van der Waals surface area contributed by atoms with E-state index in [2.05, 4.69) is 11.1 Å². The molecule has 1 heterocycles. The molecule has 0 saturated heterocycles. The molecule has 0 bridgehead atoms. The number of rotatable bonds is 4. The number of methoxy groups -OCH3 is 1. The standard InChI is InChI=1S/C14H21NO2/c1-14(16,8-10-17-2)12-7-3-5-11-6-4-9-15-13(11)12/h4,6,9,12,16H,3,5,7-8,10H2,1-2H3. The average Bonchev–Trinajstić information content (AvgIpc) is 2.36. The molecule has 3 heteroatoms. The summed E-state index contributed by atoms with van der Waals surface area (Å²) in [5, 5.41) is 10.6. The summed E-state index contributed by atoms with van der Waals surface area (Å²) in [7, 11) is 1.67. The number of hydrogen-bond donors (Lipinski definition) is 1. The van der Waals surface area contributed by atoms with E-state index in [0.717, 1.165) is 25.0 Å². The van der Waals surface area contributed by atoms with Gasteiger partial charge in [-0.25, -0.2) is 0 Å². The van der Waals surface area contributed by atoms with Crippen molar-refractivity contribution < 1.29 is 9.84 Å². The highest BCUT2D eigenvalue weighted by Gasteiger charge is 2.36. The molecule has 1 aliphatic rings. The fraction of sp³-hybridized carbons (Fsp3) is 0.643. The number of ether oxygens (including phenoxy) is 1. The molecule has 1 N–H and O–H groups in total. The molecule has 1 aliphatic carbocycles. The van der Waals surface area contributed by atoms with Crippen LogP contribution in [0, 0.1) is 0 Å². The zero-order valence-corrected chi connectivity index (χ0v) is 10.6. The third-order valence-electron chi connectivity index (χ3n) is 3.76. The van der Waals surface area contributed by atoms with Crippen molar-refractivity contribution in [2.45, 2.75) is 44.1 Å². The van der Waals surface area contributed by atoms with Gasteiger partial charge in [0.05, 0.1) is 5.60 Å². The van der Waals surface area contributed by atoms with Gasteiger partial charge in [0.15, 0.2) is 0 Å². The molecule has 0 fully saturated rings. The van der Waals surface area contributed by atoms with Crippen molar-refractivity contribution in [1.29, 1.82) is 0 Å².